The van der Waals surface area contributed by atoms with E-state index >= 15 is 0 Å². The van der Waals surface area contributed by atoms with Crippen LogP contribution in [0.15, 0.2) is 6.07 Å². The number of rotatable bonds is 4. The van der Waals surface area contributed by atoms with Crippen LogP contribution in [0.3, 0.4) is 0 Å². The topological polar surface area (TPSA) is 48.4 Å². The molecule has 0 aliphatic carbocycles. The minimum Gasteiger partial charge on any atom is -0.469 e. The lowest BCUT2D eigenvalue weighted by Gasteiger charge is -2.12. The van der Waals surface area contributed by atoms with E-state index in [1.165, 1.54) is 0 Å². The number of pyridine rings is 1. The van der Waals surface area contributed by atoms with Crippen molar-refractivity contribution in [2.75, 3.05) is 7.11 Å². The molecule has 9 heteroatoms. The summed E-state index contributed by atoms with van der Waals surface area (Å²) in [6, 6.07) is 0.978. The molecule has 4 nitrogen and oxygen atoms in total. The Morgan fingerprint density at radius 1 is 1.47 bits per heavy atom. The van der Waals surface area contributed by atoms with Gasteiger partial charge in [-0.15, -0.1) is 13.2 Å². The third-order valence-electron chi connectivity index (χ3n) is 2.03. The Balaban J connectivity index is 3.11. The van der Waals surface area contributed by atoms with Crippen LogP contribution < -0.4 is 4.74 Å². The fourth-order valence-corrected chi connectivity index (χ4v) is 2.02. The maximum atomic E-state index is 12.8. The molecule has 0 N–H and O–H groups in total. The van der Waals surface area contributed by atoms with Crippen molar-refractivity contribution in [3.05, 3.63) is 20.9 Å². The second-order valence-corrected chi connectivity index (χ2v) is 4.46. The minimum atomic E-state index is -4.91. The van der Waals surface area contributed by atoms with E-state index in [9.17, 15) is 22.4 Å². The summed E-state index contributed by atoms with van der Waals surface area (Å²) in [7, 11) is 1.15. The number of hydrogen-bond donors (Lipinski definition) is 0. The van der Waals surface area contributed by atoms with Crippen molar-refractivity contribution in [2.24, 2.45) is 0 Å². The Kier molecular flexibility index (Phi) is 5.32. The summed E-state index contributed by atoms with van der Waals surface area (Å²) in [4.78, 5) is 14.5. The van der Waals surface area contributed by atoms with Crippen LogP contribution in [0, 0.1) is 3.57 Å². The van der Waals surface area contributed by atoms with Gasteiger partial charge in [-0.05, 0) is 22.6 Å². The minimum absolute atomic E-state index is 0.185. The highest BCUT2D eigenvalue weighted by Gasteiger charge is 2.32. The standard InChI is InChI=1S/C10H8F4INO3/c1-18-9(17)2-5-6(15)3-8(16-7(5)4-11)19-10(12,13)14/h3H,2,4H2,1H3. The van der Waals surface area contributed by atoms with Crippen molar-refractivity contribution in [1.82, 2.24) is 4.98 Å². The molecule has 0 radical (unpaired) electrons. The fourth-order valence-electron chi connectivity index (χ4n) is 1.25. The lowest BCUT2D eigenvalue weighted by atomic mass is 10.1. The first-order valence-electron chi connectivity index (χ1n) is 4.83. The monoisotopic (exact) mass is 393 g/mol. The SMILES string of the molecule is COC(=O)Cc1c(I)cc(OC(F)(F)F)nc1CF. The normalized spacial score (nSPS) is 11.3. The summed E-state index contributed by atoms with van der Waals surface area (Å²) < 4.78 is 57.2. The first kappa shape index (κ1) is 15.9. The molecule has 0 bridgehead atoms. The number of alkyl halides is 4. The van der Waals surface area contributed by atoms with Crippen LogP contribution in [0.2, 0.25) is 0 Å². The summed E-state index contributed by atoms with van der Waals surface area (Å²) in [5, 5.41) is 0. The second kappa shape index (κ2) is 6.35. The van der Waals surface area contributed by atoms with Gasteiger partial charge in [-0.1, -0.05) is 0 Å². The molecule has 1 heterocycles. The van der Waals surface area contributed by atoms with Crippen molar-refractivity contribution in [3.8, 4) is 5.88 Å². The number of carbonyl (C=O) groups excluding carboxylic acids is 1. The molecule has 1 rings (SSSR count). The van der Waals surface area contributed by atoms with Gasteiger partial charge in [0.15, 0.2) is 0 Å². The predicted octanol–water partition coefficient (Wildman–Crippen LogP) is 2.77. The largest absolute Gasteiger partial charge is 0.574 e. The molecular weight excluding hydrogens is 385 g/mol. The van der Waals surface area contributed by atoms with E-state index in [1.54, 1.807) is 22.6 Å². The van der Waals surface area contributed by atoms with E-state index < -0.39 is 24.9 Å². The number of carbonyl (C=O) groups is 1. The molecule has 0 saturated heterocycles. The Morgan fingerprint density at radius 2 is 2.11 bits per heavy atom. The van der Waals surface area contributed by atoms with Gasteiger partial charge in [0.2, 0.25) is 5.88 Å². The van der Waals surface area contributed by atoms with Crippen molar-refractivity contribution in [2.45, 2.75) is 19.5 Å². The number of methoxy groups -OCH3 is 1. The molecule has 0 aliphatic rings. The highest BCUT2D eigenvalue weighted by Crippen LogP contribution is 2.26. The average Bonchev–Trinajstić information content (AvgIpc) is 2.29. The zero-order valence-corrected chi connectivity index (χ0v) is 11.7. The molecule has 0 aliphatic heterocycles. The first-order chi connectivity index (χ1) is 8.76. The molecule has 1 aromatic rings. The van der Waals surface area contributed by atoms with Gasteiger partial charge in [0.25, 0.3) is 0 Å². The van der Waals surface area contributed by atoms with E-state index in [4.69, 9.17) is 0 Å². The van der Waals surface area contributed by atoms with Gasteiger partial charge in [-0.25, -0.2) is 9.37 Å². The zero-order chi connectivity index (χ0) is 14.6. The van der Waals surface area contributed by atoms with Crippen molar-refractivity contribution >= 4 is 28.6 Å². The van der Waals surface area contributed by atoms with Crippen molar-refractivity contribution in [3.63, 3.8) is 0 Å². The number of nitrogens with zero attached hydrogens (tertiary/aromatic N) is 1. The molecule has 0 saturated carbocycles. The smallest absolute Gasteiger partial charge is 0.469 e. The summed E-state index contributed by atoms with van der Waals surface area (Å²) in [5.41, 5.74) is -0.0963. The average molecular weight is 393 g/mol. The lowest BCUT2D eigenvalue weighted by Crippen LogP contribution is -2.19. The van der Waals surface area contributed by atoms with Gasteiger partial charge in [0.1, 0.15) is 6.67 Å². The summed E-state index contributed by atoms with van der Waals surface area (Å²) >= 11 is 1.67. The highest BCUT2D eigenvalue weighted by molar-refractivity contribution is 14.1. The predicted molar refractivity (Wildman–Crippen MR) is 64.2 cm³/mol. The number of esters is 1. The molecule has 0 atom stereocenters. The summed E-state index contributed by atoms with van der Waals surface area (Å²) in [6.07, 6.45) is -5.18. The van der Waals surface area contributed by atoms with Gasteiger partial charge in [0, 0.05) is 15.2 Å². The Morgan fingerprint density at radius 3 is 2.58 bits per heavy atom. The zero-order valence-electron chi connectivity index (χ0n) is 9.55. The number of halogens is 5. The van der Waals surface area contributed by atoms with Crippen LogP contribution in [0.1, 0.15) is 11.3 Å². The van der Waals surface area contributed by atoms with Crippen molar-refractivity contribution < 1.29 is 31.8 Å². The molecule has 0 fully saturated rings. The maximum Gasteiger partial charge on any atom is 0.574 e. The summed E-state index contributed by atoms with van der Waals surface area (Å²) in [5.74, 6) is -1.41. The van der Waals surface area contributed by atoms with E-state index in [-0.39, 0.29) is 21.2 Å². The molecule has 0 aromatic carbocycles. The number of hydrogen-bond acceptors (Lipinski definition) is 4. The molecule has 0 amide bonds. The van der Waals surface area contributed by atoms with Gasteiger partial charge >= 0.3 is 12.3 Å². The Bertz CT molecular complexity index is 479. The van der Waals surface area contributed by atoms with Crippen LogP contribution in [0.5, 0.6) is 5.88 Å². The van der Waals surface area contributed by atoms with E-state index in [1.807, 2.05) is 0 Å². The van der Waals surface area contributed by atoms with E-state index in [2.05, 4.69) is 14.5 Å². The molecule has 19 heavy (non-hydrogen) atoms. The van der Waals surface area contributed by atoms with E-state index in [0.29, 0.717) is 0 Å². The first-order valence-corrected chi connectivity index (χ1v) is 5.91. The second-order valence-electron chi connectivity index (χ2n) is 3.30. The van der Waals surface area contributed by atoms with Crippen LogP contribution in [-0.4, -0.2) is 24.4 Å². The molecule has 0 spiro atoms. The third-order valence-corrected chi connectivity index (χ3v) is 2.99. The summed E-state index contributed by atoms with van der Waals surface area (Å²) in [6.45, 7) is -1.11. The number of aromatic nitrogens is 1. The molecule has 106 valence electrons. The Labute approximate surface area is 119 Å². The van der Waals surface area contributed by atoms with Gasteiger partial charge in [-0.2, -0.15) is 0 Å². The Hall–Kier alpha value is -1.13. The highest BCUT2D eigenvalue weighted by atomic mass is 127. The number of ether oxygens (including phenoxy) is 2. The fraction of sp³-hybridized carbons (Fsp3) is 0.400. The van der Waals surface area contributed by atoms with Crippen LogP contribution in [-0.2, 0) is 22.6 Å². The van der Waals surface area contributed by atoms with Gasteiger partial charge in [-0.3, -0.25) is 4.79 Å². The van der Waals surface area contributed by atoms with Gasteiger partial charge < -0.3 is 9.47 Å². The molecule has 1 aromatic heterocycles. The van der Waals surface area contributed by atoms with Crippen LogP contribution in [0.4, 0.5) is 17.6 Å². The van der Waals surface area contributed by atoms with E-state index in [0.717, 1.165) is 13.2 Å². The quantitative estimate of drug-likeness (QED) is 0.449. The van der Waals surface area contributed by atoms with Gasteiger partial charge in [0.05, 0.1) is 19.2 Å². The molecular formula is C10H8F4INO3. The maximum absolute atomic E-state index is 12.8. The third kappa shape index (κ3) is 4.80. The van der Waals surface area contributed by atoms with Crippen LogP contribution >= 0.6 is 22.6 Å². The lowest BCUT2D eigenvalue weighted by molar-refractivity contribution is -0.276. The molecule has 0 unspecified atom stereocenters. The van der Waals surface area contributed by atoms with Crippen LogP contribution in [0.25, 0.3) is 0 Å². The van der Waals surface area contributed by atoms with Crippen molar-refractivity contribution in [1.29, 1.82) is 0 Å².